The first-order valence-electron chi connectivity index (χ1n) is 18.7. The van der Waals surface area contributed by atoms with Crippen molar-refractivity contribution < 1.29 is 28.7 Å². The Morgan fingerprint density at radius 1 is 0.727 bits per heavy atom. The maximum absolute atomic E-state index is 13.8. The number of alkyl carbamates (subject to hydrolysis) is 2. The number of amides is 4. The lowest BCUT2D eigenvalue weighted by atomic mass is 9.90. The summed E-state index contributed by atoms with van der Waals surface area (Å²) in [6.07, 6.45) is 3.80. The topological polar surface area (TPSA) is 175 Å². The zero-order valence-corrected chi connectivity index (χ0v) is 32.9. The van der Waals surface area contributed by atoms with Gasteiger partial charge in [0.05, 0.1) is 50.1 Å². The highest BCUT2D eigenvalue weighted by Gasteiger charge is 2.45. The van der Waals surface area contributed by atoms with Gasteiger partial charge in [-0.3, -0.25) is 9.59 Å². The number of rotatable bonds is 10. The van der Waals surface area contributed by atoms with Crippen molar-refractivity contribution in [3.05, 3.63) is 72.6 Å². The van der Waals surface area contributed by atoms with Gasteiger partial charge in [-0.25, -0.2) is 19.6 Å². The van der Waals surface area contributed by atoms with Crippen LogP contribution in [0.25, 0.3) is 33.6 Å². The Labute approximate surface area is 321 Å². The molecule has 4 aromatic rings. The van der Waals surface area contributed by atoms with Crippen LogP contribution in [0, 0.1) is 16.7 Å². The quantitative estimate of drug-likeness (QED) is 0.143. The number of nitrogens with one attached hydrogen (secondary N) is 4. The summed E-state index contributed by atoms with van der Waals surface area (Å²) in [6.45, 7) is 13.3. The van der Waals surface area contributed by atoms with E-state index in [-0.39, 0.29) is 47.2 Å². The van der Waals surface area contributed by atoms with Gasteiger partial charge in [0.25, 0.3) is 0 Å². The SMILES string of the molecule is COC(=O)NCC(=O)N1CC(C)(C)C[C@H]1c1ncc(-c2ccc(-c3ccc(-c4cnc([C@@H]5CC(C)(C)CN5C(=O)[C@@H](NC(=O)OC)C(C)C)[nH]4)cc3)cc2)[nH]1. The molecule has 0 radical (unpaired) electrons. The lowest BCUT2D eigenvalue weighted by Crippen LogP contribution is -2.51. The Morgan fingerprint density at radius 2 is 1.16 bits per heavy atom. The van der Waals surface area contributed by atoms with Gasteiger partial charge in [-0.1, -0.05) is 90.1 Å². The van der Waals surface area contributed by atoms with Crippen LogP contribution < -0.4 is 10.6 Å². The molecule has 2 aromatic carbocycles. The van der Waals surface area contributed by atoms with Crippen molar-refractivity contribution in [3.8, 4) is 33.6 Å². The molecule has 55 heavy (non-hydrogen) atoms. The van der Waals surface area contributed by atoms with Crippen LogP contribution in [0.5, 0.6) is 0 Å². The highest BCUT2D eigenvalue weighted by atomic mass is 16.5. The second-order valence-corrected chi connectivity index (χ2v) is 16.5. The van der Waals surface area contributed by atoms with Gasteiger partial charge in [-0.15, -0.1) is 0 Å². The Kier molecular flexibility index (Phi) is 11.1. The van der Waals surface area contributed by atoms with E-state index in [2.05, 4.69) is 94.4 Å². The first-order valence-corrected chi connectivity index (χ1v) is 18.7. The fraction of sp³-hybridized carbons (Fsp3) is 0.463. The van der Waals surface area contributed by atoms with E-state index in [0.717, 1.165) is 46.5 Å². The first kappa shape index (κ1) is 39.0. The normalized spacial score (nSPS) is 19.3. The molecular formula is C41H52N8O6. The first-order chi connectivity index (χ1) is 26.1. The number of nitrogens with zero attached hydrogens (tertiary/aromatic N) is 4. The minimum atomic E-state index is -0.714. The standard InChI is InChI=1S/C41H52N8O6/c1-24(2)34(47-39(53)55-8)37(51)49-23-41(5,6)18-32(49)36-43-20-30(46-36)28-15-11-26(12-16-28)25-9-13-27(14-10-25)29-19-42-35(45-29)31-17-40(3,4)22-48(31)33(50)21-44-38(52)54-7/h9-16,19-20,24,31-32,34H,17-18,21-23H2,1-8H3,(H,42,45)(H,43,46)(H,44,52)(H,47,53)/t31-,32-,34-/m0/s1. The molecule has 0 bridgehead atoms. The summed E-state index contributed by atoms with van der Waals surface area (Å²) in [5.41, 5.74) is 5.51. The number of imidazole rings is 2. The number of carbonyl (C=O) groups excluding carboxylic acids is 4. The van der Waals surface area contributed by atoms with Gasteiger partial charge in [-0.05, 0) is 51.8 Å². The van der Waals surface area contributed by atoms with Crippen LogP contribution in [0.15, 0.2) is 60.9 Å². The van der Waals surface area contributed by atoms with Gasteiger partial charge in [0.15, 0.2) is 0 Å². The molecule has 2 fully saturated rings. The summed E-state index contributed by atoms with van der Waals surface area (Å²) >= 11 is 0. The fourth-order valence-corrected chi connectivity index (χ4v) is 7.71. The van der Waals surface area contributed by atoms with Crippen LogP contribution in [-0.2, 0) is 19.1 Å². The Bertz CT molecular complexity index is 2020. The molecule has 14 nitrogen and oxygen atoms in total. The fourth-order valence-electron chi connectivity index (χ4n) is 7.71. The van der Waals surface area contributed by atoms with Crippen molar-refractivity contribution in [3.63, 3.8) is 0 Å². The molecule has 2 aliphatic heterocycles. The molecule has 4 heterocycles. The molecule has 0 saturated carbocycles. The van der Waals surface area contributed by atoms with E-state index < -0.39 is 18.2 Å². The van der Waals surface area contributed by atoms with E-state index >= 15 is 0 Å². The van der Waals surface area contributed by atoms with E-state index in [1.165, 1.54) is 14.2 Å². The van der Waals surface area contributed by atoms with E-state index in [9.17, 15) is 19.2 Å². The van der Waals surface area contributed by atoms with E-state index in [4.69, 9.17) is 9.72 Å². The molecule has 0 spiro atoms. The molecule has 4 N–H and O–H groups in total. The van der Waals surface area contributed by atoms with Crippen LogP contribution >= 0.6 is 0 Å². The molecule has 2 saturated heterocycles. The lowest BCUT2D eigenvalue weighted by molar-refractivity contribution is -0.136. The van der Waals surface area contributed by atoms with Crippen LogP contribution in [0.1, 0.15) is 78.1 Å². The molecule has 6 rings (SSSR count). The monoisotopic (exact) mass is 752 g/mol. The largest absolute Gasteiger partial charge is 0.453 e. The van der Waals surface area contributed by atoms with Crippen LogP contribution in [0.4, 0.5) is 9.59 Å². The molecule has 2 aliphatic rings. The maximum Gasteiger partial charge on any atom is 0.407 e. The summed E-state index contributed by atoms with van der Waals surface area (Å²) in [4.78, 5) is 70.4. The number of aromatic nitrogens is 4. The van der Waals surface area contributed by atoms with E-state index in [0.29, 0.717) is 24.7 Å². The van der Waals surface area contributed by atoms with Gasteiger partial charge < -0.3 is 39.9 Å². The summed E-state index contributed by atoms with van der Waals surface area (Å²) in [5.74, 6) is 0.952. The molecule has 14 heteroatoms. The van der Waals surface area contributed by atoms with Crippen LogP contribution in [0.2, 0.25) is 0 Å². The van der Waals surface area contributed by atoms with Crippen molar-refractivity contribution in [1.29, 1.82) is 0 Å². The highest BCUT2D eigenvalue weighted by molar-refractivity contribution is 5.86. The zero-order valence-electron chi connectivity index (χ0n) is 32.9. The molecule has 292 valence electrons. The van der Waals surface area contributed by atoms with Gasteiger partial charge >= 0.3 is 12.2 Å². The van der Waals surface area contributed by atoms with Gasteiger partial charge in [0, 0.05) is 13.1 Å². The predicted molar refractivity (Wildman–Crippen MR) is 207 cm³/mol. The number of aromatic amines is 2. The van der Waals surface area contributed by atoms with Gasteiger partial charge in [0.1, 0.15) is 24.2 Å². The van der Waals surface area contributed by atoms with Crippen LogP contribution in [0.3, 0.4) is 0 Å². The summed E-state index contributed by atoms with van der Waals surface area (Å²) in [6, 6.07) is 15.3. The average Bonchev–Trinajstić information content (AvgIpc) is 3.97. The molecule has 0 aliphatic carbocycles. The average molecular weight is 753 g/mol. The third-order valence-electron chi connectivity index (χ3n) is 10.6. The zero-order chi connectivity index (χ0) is 39.7. The smallest absolute Gasteiger partial charge is 0.407 e. The van der Waals surface area contributed by atoms with Gasteiger partial charge in [0.2, 0.25) is 11.8 Å². The molecule has 0 unspecified atom stereocenters. The number of benzene rings is 2. The van der Waals surface area contributed by atoms with Crippen molar-refractivity contribution in [1.82, 2.24) is 40.4 Å². The van der Waals surface area contributed by atoms with Gasteiger partial charge in [-0.2, -0.15) is 0 Å². The highest BCUT2D eigenvalue weighted by Crippen LogP contribution is 2.44. The maximum atomic E-state index is 13.8. The summed E-state index contributed by atoms with van der Waals surface area (Å²) in [5, 5.41) is 5.21. The molecular weight excluding hydrogens is 701 g/mol. The van der Waals surface area contributed by atoms with Crippen molar-refractivity contribution >= 4 is 24.0 Å². The van der Waals surface area contributed by atoms with E-state index in [1.54, 1.807) is 17.3 Å². The Morgan fingerprint density at radius 3 is 1.62 bits per heavy atom. The second kappa shape index (κ2) is 15.6. The Hall–Kier alpha value is -5.66. The Balaban J connectivity index is 1.13. The molecule has 2 aromatic heterocycles. The number of H-pyrrole nitrogens is 2. The third kappa shape index (κ3) is 8.68. The number of carbonyl (C=O) groups is 4. The number of methoxy groups -OCH3 is 2. The number of ether oxygens (including phenoxy) is 2. The second-order valence-electron chi connectivity index (χ2n) is 16.5. The third-order valence-corrected chi connectivity index (χ3v) is 10.6. The summed E-state index contributed by atoms with van der Waals surface area (Å²) in [7, 11) is 2.56. The van der Waals surface area contributed by atoms with E-state index in [1.807, 2.05) is 30.9 Å². The predicted octanol–water partition coefficient (Wildman–Crippen LogP) is 6.47. The number of likely N-dealkylation sites (tertiary alicyclic amines) is 2. The lowest BCUT2D eigenvalue weighted by Gasteiger charge is -2.30. The number of hydrogen-bond donors (Lipinski definition) is 4. The minimum Gasteiger partial charge on any atom is -0.453 e. The number of hydrogen-bond acceptors (Lipinski definition) is 8. The molecule has 3 atom stereocenters. The minimum absolute atomic E-state index is 0.104. The van der Waals surface area contributed by atoms with Crippen molar-refractivity contribution in [2.24, 2.45) is 16.7 Å². The van der Waals surface area contributed by atoms with Crippen molar-refractivity contribution in [2.45, 2.75) is 72.5 Å². The van der Waals surface area contributed by atoms with Crippen molar-refractivity contribution in [2.75, 3.05) is 33.9 Å². The summed E-state index contributed by atoms with van der Waals surface area (Å²) < 4.78 is 9.40. The van der Waals surface area contributed by atoms with Crippen LogP contribution in [-0.4, -0.2) is 93.6 Å². The molecule has 4 amide bonds.